The standard InChI is InChI=1S/C29H40O6/c1-7-9-25(32)27(19(3)30)34-23-15-11-21(12-16-23)29(5,6)22-13-17-24(18-14-22)35-28(20(4)31)26(33)10-8-2/h11-20,27-28,30-31H,7-10H2,1-6H3. The van der Waals surface area contributed by atoms with Crippen molar-refractivity contribution < 1.29 is 29.3 Å². The predicted molar refractivity (Wildman–Crippen MR) is 137 cm³/mol. The molecule has 2 aromatic carbocycles. The molecule has 0 aliphatic carbocycles. The lowest BCUT2D eigenvalue weighted by molar-refractivity contribution is -0.131. The summed E-state index contributed by atoms with van der Waals surface area (Å²) in [5.41, 5.74) is 1.76. The van der Waals surface area contributed by atoms with Gasteiger partial charge in [0.1, 0.15) is 11.5 Å². The molecule has 0 aromatic heterocycles. The number of carbonyl (C=O) groups is 2. The summed E-state index contributed by atoms with van der Waals surface area (Å²) in [4.78, 5) is 24.5. The molecule has 6 heteroatoms. The average molecular weight is 485 g/mol. The number of Topliss-reactive ketones (excluding diaryl/α,β-unsaturated/α-hetero) is 2. The minimum Gasteiger partial charge on any atom is -0.480 e. The molecule has 0 radical (unpaired) electrons. The molecule has 4 atom stereocenters. The zero-order chi connectivity index (χ0) is 26.2. The number of benzene rings is 2. The van der Waals surface area contributed by atoms with Crippen LogP contribution in [-0.2, 0) is 15.0 Å². The first-order valence-electron chi connectivity index (χ1n) is 12.5. The van der Waals surface area contributed by atoms with Gasteiger partial charge in [0.15, 0.2) is 23.8 Å². The Kier molecular flexibility index (Phi) is 10.5. The number of aliphatic hydroxyl groups is 2. The van der Waals surface area contributed by atoms with Crippen molar-refractivity contribution >= 4 is 11.6 Å². The lowest BCUT2D eigenvalue weighted by Crippen LogP contribution is -2.37. The number of hydrogen-bond acceptors (Lipinski definition) is 6. The first-order valence-corrected chi connectivity index (χ1v) is 12.5. The van der Waals surface area contributed by atoms with Crippen molar-refractivity contribution in [3.05, 3.63) is 59.7 Å². The molecule has 0 amide bonds. The van der Waals surface area contributed by atoms with Gasteiger partial charge in [-0.1, -0.05) is 52.0 Å². The summed E-state index contributed by atoms with van der Waals surface area (Å²) in [6, 6.07) is 15.1. The highest BCUT2D eigenvalue weighted by molar-refractivity contribution is 5.84. The molecule has 192 valence electrons. The minimum absolute atomic E-state index is 0.108. The van der Waals surface area contributed by atoms with E-state index in [1.54, 1.807) is 13.8 Å². The van der Waals surface area contributed by atoms with Crippen LogP contribution in [-0.4, -0.2) is 46.2 Å². The first-order chi connectivity index (χ1) is 16.5. The van der Waals surface area contributed by atoms with Crippen molar-refractivity contribution in [1.29, 1.82) is 0 Å². The van der Waals surface area contributed by atoms with E-state index < -0.39 is 24.4 Å². The van der Waals surface area contributed by atoms with Gasteiger partial charge in [0.05, 0.1) is 12.2 Å². The van der Waals surface area contributed by atoms with E-state index in [4.69, 9.17) is 9.47 Å². The zero-order valence-electron chi connectivity index (χ0n) is 21.8. The molecule has 0 aliphatic rings. The lowest BCUT2D eigenvalue weighted by Gasteiger charge is -2.27. The van der Waals surface area contributed by atoms with Crippen molar-refractivity contribution in [3.8, 4) is 11.5 Å². The Balaban J connectivity index is 2.15. The molecule has 0 bridgehead atoms. The van der Waals surface area contributed by atoms with Gasteiger partial charge < -0.3 is 19.7 Å². The highest BCUT2D eigenvalue weighted by Crippen LogP contribution is 2.34. The van der Waals surface area contributed by atoms with Crippen LogP contribution in [0.3, 0.4) is 0 Å². The zero-order valence-corrected chi connectivity index (χ0v) is 21.8. The molecule has 2 aromatic rings. The third kappa shape index (κ3) is 7.64. The molecule has 4 unspecified atom stereocenters. The Morgan fingerprint density at radius 1 is 0.714 bits per heavy atom. The van der Waals surface area contributed by atoms with Gasteiger partial charge in [0.2, 0.25) is 0 Å². The molecule has 0 saturated carbocycles. The number of carbonyl (C=O) groups excluding carboxylic acids is 2. The molecule has 0 fully saturated rings. The summed E-state index contributed by atoms with van der Waals surface area (Å²) in [5.74, 6) is 0.848. The quantitative estimate of drug-likeness (QED) is 0.392. The van der Waals surface area contributed by atoms with Crippen LogP contribution in [0.15, 0.2) is 48.5 Å². The molecule has 0 heterocycles. The topological polar surface area (TPSA) is 93.1 Å². The fraction of sp³-hybridized carbons (Fsp3) is 0.517. The summed E-state index contributed by atoms with van der Waals surface area (Å²) in [7, 11) is 0. The molecule has 0 saturated heterocycles. The smallest absolute Gasteiger partial charge is 0.182 e. The van der Waals surface area contributed by atoms with E-state index in [0.29, 0.717) is 37.2 Å². The van der Waals surface area contributed by atoms with Gasteiger partial charge in [-0.3, -0.25) is 9.59 Å². The van der Waals surface area contributed by atoms with Crippen LogP contribution in [0.5, 0.6) is 11.5 Å². The summed E-state index contributed by atoms with van der Waals surface area (Å²) < 4.78 is 11.6. The summed E-state index contributed by atoms with van der Waals surface area (Å²) in [6.45, 7) is 11.2. The van der Waals surface area contributed by atoms with E-state index in [1.165, 1.54) is 0 Å². The van der Waals surface area contributed by atoms with Crippen LogP contribution in [0.4, 0.5) is 0 Å². The second kappa shape index (κ2) is 12.8. The van der Waals surface area contributed by atoms with Gasteiger partial charge in [-0.25, -0.2) is 0 Å². The highest BCUT2D eigenvalue weighted by atomic mass is 16.5. The van der Waals surface area contributed by atoms with Crippen LogP contribution in [0, 0.1) is 0 Å². The van der Waals surface area contributed by atoms with Gasteiger partial charge in [-0.2, -0.15) is 0 Å². The maximum absolute atomic E-state index is 12.3. The van der Waals surface area contributed by atoms with Crippen LogP contribution in [0.25, 0.3) is 0 Å². The summed E-state index contributed by atoms with van der Waals surface area (Å²) in [6.07, 6.45) is -1.40. The van der Waals surface area contributed by atoms with Crippen molar-refractivity contribution in [2.75, 3.05) is 0 Å². The number of aliphatic hydroxyl groups excluding tert-OH is 2. The first kappa shape index (κ1) is 28.5. The normalized spacial score (nSPS) is 15.1. The van der Waals surface area contributed by atoms with Gasteiger partial charge in [-0.05, 0) is 62.1 Å². The maximum Gasteiger partial charge on any atom is 0.182 e. The van der Waals surface area contributed by atoms with Crippen molar-refractivity contribution in [2.45, 2.75) is 97.1 Å². The fourth-order valence-corrected chi connectivity index (χ4v) is 4.00. The van der Waals surface area contributed by atoms with E-state index in [1.807, 2.05) is 62.4 Å². The number of hydrogen-bond donors (Lipinski definition) is 2. The van der Waals surface area contributed by atoms with Gasteiger partial charge in [0, 0.05) is 18.3 Å². The van der Waals surface area contributed by atoms with E-state index in [-0.39, 0.29) is 17.0 Å². The highest BCUT2D eigenvalue weighted by Gasteiger charge is 2.27. The van der Waals surface area contributed by atoms with Crippen LogP contribution < -0.4 is 9.47 Å². The lowest BCUT2D eigenvalue weighted by atomic mass is 9.78. The second-order valence-electron chi connectivity index (χ2n) is 9.66. The molecule has 6 nitrogen and oxygen atoms in total. The number of ketones is 2. The Morgan fingerprint density at radius 3 is 1.29 bits per heavy atom. The second-order valence-corrected chi connectivity index (χ2v) is 9.66. The third-order valence-corrected chi connectivity index (χ3v) is 6.18. The van der Waals surface area contributed by atoms with Crippen LogP contribution in [0.2, 0.25) is 0 Å². The molecule has 0 spiro atoms. The van der Waals surface area contributed by atoms with Gasteiger partial charge in [0.25, 0.3) is 0 Å². The molecule has 35 heavy (non-hydrogen) atoms. The third-order valence-electron chi connectivity index (χ3n) is 6.18. The molecule has 2 rings (SSSR count). The number of ether oxygens (including phenoxy) is 2. The van der Waals surface area contributed by atoms with E-state index >= 15 is 0 Å². The average Bonchev–Trinajstić information content (AvgIpc) is 2.81. The maximum atomic E-state index is 12.3. The monoisotopic (exact) mass is 484 g/mol. The van der Waals surface area contributed by atoms with Crippen molar-refractivity contribution in [3.63, 3.8) is 0 Å². The van der Waals surface area contributed by atoms with Crippen LogP contribution >= 0.6 is 0 Å². The van der Waals surface area contributed by atoms with Gasteiger partial charge in [-0.15, -0.1) is 0 Å². The SMILES string of the molecule is CCCC(=O)C(Oc1ccc(C(C)(C)c2ccc(OC(C(=O)CCC)C(C)O)cc2)cc1)C(C)O. The van der Waals surface area contributed by atoms with E-state index in [2.05, 4.69) is 13.8 Å². The Bertz CT molecular complexity index is 867. The Hall–Kier alpha value is -2.70. The van der Waals surface area contributed by atoms with E-state index in [9.17, 15) is 19.8 Å². The minimum atomic E-state index is -0.892. The Morgan fingerprint density at radius 2 is 1.03 bits per heavy atom. The molecular formula is C29H40O6. The van der Waals surface area contributed by atoms with Crippen LogP contribution in [0.1, 0.15) is 78.4 Å². The van der Waals surface area contributed by atoms with Crippen molar-refractivity contribution in [2.24, 2.45) is 0 Å². The Labute approximate surface area is 209 Å². The molecule has 0 aliphatic heterocycles. The van der Waals surface area contributed by atoms with Gasteiger partial charge >= 0.3 is 0 Å². The fourth-order valence-electron chi connectivity index (χ4n) is 4.00. The molecule has 2 N–H and O–H groups in total. The predicted octanol–water partition coefficient (Wildman–Crippen LogP) is 5.01. The number of rotatable bonds is 14. The van der Waals surface area contributed by atoms with E-state index in [0.717, 1.165) is 11.1 Å². The summed E-state index contributed by atoms with van der Waals surface area (Å²) in [5, 5.41) is 20.0. The molecular weight excluding hydrogens is 444 g/mol. The summed E-state index contributed by atoms with van der Waals surface area (Å²) >= 11 is 0. The largest absolute Gasteiger partial charge is 0.480 e. The van der Waals surface area contributed by atoms with Crippen molar-refractivity contribution in [1.82, 2.24) is 0 Å².